The molecule has 1 N–H and O–H groups in total. The highest BCUT2D eigenvalue weighted by Gasteiger charge is 2.06. The zero-order valence-electron chi connectivity index (χ0n) is 12.0. The van der Waals surface area contributed by atoms with Gasteiger partial charge < -0.3 is 10.1 Å². The van der Waals surface area contributed by atoms with Gasteiger partial charge in [-0.25, -0.2) is 0 Å². The molecule has 1 heterocycles. The van der Waals surface area contributed by atoms with Gasteiger partial charge in [0.15, 0.2) is 5.82 Å². The molecule has 0 bridgehead atoms. The molecule has 0 aliphatic rings. The van der Waals surface area contributed by atoms with Crippen molar-refractivity contribution in [3.8, 4) is 0 Å². The molecular formula is C15H15N3O3S. The van der Waals surface area contributed by atoms with Crippen LogP contribution in [-0.2, 0) is 20.9 Å². The molecule has 1 aromatic heterocycles. The van der Waals surface area contributed by atoms with E-state index < -0.39 is 0 Å². The maximum absolute atomic E-state index is 11.7. The van der Waals surface area contributed by atoms with E-state index in [0.717, 1.165) is 5.56 Å². The molecule has 0 fully saturated rings. The van der Waals surface area contributed by atoms with E-state index in [2.05, 4.69) is 15.5 Å². The van der Waals surface area contributed by atoms with Crippen LogP contribution in [-0.4, -0.2) is 27.8 Å². The van der Waals surface area contributed by atoms with Gasteiger partial charge >= 0.3 is 5.97 Å². The zero-order valence-corrected chi connectivity index (χ0v) is 12.8. The molecule has 0 spiro atoms. The largest absolute Gasteiger partial charge is 0.460 e. The number of esters is 1. The minimum absolute atomic E-state index is 0.154. The first-order valence-electron chi connectivity index (χ1n) is 6.57. The highest BCUT2D eigenvalue weighted by molar-refractivity contribution is 7.99. The molecule has 0 aliphatic heterocycles. The average Bonchev–Trinajstić information content (AvgIpc) is 2.53. The molecule has 6 nitrogen and oxygen atoms in total. The minimum atomic E-state index is -0.318. The Morgan fingerprint density at radius 2 is 1.91 bits per heavy atom. The van der Waals surface area contributed by atoms with Crippen LogP contribution in [0.15, 0.2) is 47.5 Å². The van der Waals surface area contributed by atoms with E-state index in [0.29, 0.717) is 10.8 Å². The highest BCUT2D eigenvalue weighted by atomic mass is 32.2. The van der Waals surface area contributed by atoms with Gasteiger partial charge in [0.05, 0.1) is 5.75 Å². The predicted octanol–water partition coefficient (Wildman–Crippen LogP) is 2.27. The number of carbonyl (C=O) groups is 2. The molecular weight excluding hydrogens is 302 g/mol. The summed E-state index contributed by atoms with van der Waals surface area (Å²) in [7, 11) is 0. The van der Waals surface area contributed by atoms with Gasteiger partial charge in [0.1, 0.15) is 11.6 Å². The van der Waals surface area contributed by atoms with Crippen molar-refractivity contribution in [1.29, 1.82) is 0 Å². The van der Waals surface area contributed by atoms with Crippen LogP contribution in [0.2, 0.25) is 0 Å². The van der Waals surface area contributed by atoms with Crippen LogP contribution >= 0.6 is 11.8 Å². The number of nitrogens with zero attached hydrogens (tertiary/aromatic N) is 2. The van der Waals surface area contributed by atoms with E-state index in [-0.39, 0.29) is 24.2 Å². The fraction of sp³-hybridized carbons (Fsp3) is 0.200. The van der Waals surface area contributed by atoms with Gasteiger partial charge in [-0.2, -0.15) is 0 Å². The summed E-state index contributed by atoms with van der Waals surface area (Å²) in [4.78, 5) is 22.5. The number of carbonyl (C=O) groups excluding carboxylic acids is 2. The number of aromatic nitrogens is 2. The van der Waals surface area contributed by atoms with Crippen LogP contribution in [0.25, 0.3) is 0 Å². The first kappa shape index (κ1) is 16.0. The van der Waals surface area contributed by atoms with Gasteiger partial charge in [0.25, 0.3) is 0 Å². The third kappa shape index (κ3) is 5.53. The molecule has 0 radical (unpaired) electrons. The Labute approximate surface area is 132 Å². The lowest BCUT2D eigenvalue weighted by Crippen LogP contribution is -2.09. The van der Waals surface area contributed by atoms with Crippen molar-refractivity contribution in [1.82, 2.24) is 10.2 Å². The fourth-order valence-corrected chi connectivity index (χ4v) is 2.17. The van der Waals surface area contributed by atoms with Crippen LogP contribution in [0.4, 0.5) is 5.82 Å². The first-order chi connectivity index (χ1) is 10.6. The lowest BCUT2D eigenvalue weighted by molar-refractivity contribution is -0.141. The predicted molar refractivity (Wildman–Crippen MR) is 83.3 cm³/mol. The molecule has 7 heteroatoms. The van der Waals surface area contributed by atoms with Crippen molar-refractivity contribution in [3.05, 3.63) is 48.0 Å². The van der Waals surface area contributed by atoms with Gasteiger partial charge in [-0.05, 0) is 17.7 Å². The van der Waals surface area contributed by atoms with Gasteiger partial charge in [-0.3, -0.25) is 9.59 Å². The second kappa shape index (κ2) is 8.14. The number of anilines is 1. The van der Waals surface area contributed by atoms with Crippen LogP contribution in [0.3, 0.4) is 0 Å². The summed E-state index contributed by atoms with van der Waals surface area (Å²) in [6, 6.07) is 12.8. The van der Waals surface area contributed by atoms with Crippen LogP contribution < -0.4 is 5.32 Å². The fourth-order valence-electron chi connectivity index (χ4n) is 1.56. The van der Waals surface area contributed by atoms with E-state index in [9.17, 15) is 9.59 Å². The van der Waals surface area contributed by atoms with Gasteiger partial charge in [0, 0.05) is 6.92 Å². The first-order valence-corrected chi connectivity index (χ1v) is 7.56. The van der Waals surface area contributed by atoms with Crippen molar-refractivity contribution in [2.24, 2.45) is 0 Å². The number of hydrogen-bond donors (Lipinski definition) is 1. The Kier molecular flexibility index (Phi) is 5.91. The smallest absolute Gasteiger partial charge is 0.316 e. The lowest BCUT2D eigenvalue weighted by atomic mass is 10.2. The van der Waals surface area contributed by atoms with Gasteiger partial charge in [0.2, 0.25) is 5.91 Å². The number of benzene rings is 1. The molecule has 0 aliphatic carbocycles. The van der Waals surface area contributed by atoms with E-state index >= 15 is 0 Å². The summed E-state index contributed by atoms with van der Waals surface area (Å²) >= 11 is 1.23. The lowest BCUT2D eigenvalue weighted by Gasteiger charge is -2.05. The van der Waals surface area contributed by atoms with Crippen molar-refractivity contribution in [2.75, 3.05) is 11.1 Å². The minimum Gasteiger partial charge on any atom is -0.460 e. The number of hydrogen-bond acceptors (Lipinski definition) is 6. The molecule has 0 unspecified atom stereocenters. The van der Waals surface area contributed by atoms with E-state index in [1.54, 1.807) is 12.1 Å². The Morgan fingerprint density at radius 3 is 2.55 bits per heavy atom. The molecule has 0 atom stereocenters. The Bertz CT molecular complexity index is 632. The Balaban J connectivity index is 1.75. The van der Waals surface area contributed by atoms with E-state index in [4.69, 9.17) is 4.74 Å². The van der Waals surface area contributed by atoms with Crippen molar-refractivity contribution in [2.45, 2.75) is 18.6 Å². The van der Waals surface area contributed by atoms with Crippen LogP contribution in [0.5, 0.6) is 0 Å². The molecule has 1 amide bonds. The third-order valence-electron chi connectivity index (χ3n) is 2.52. The number of nitrogens with one attached hydrogen (secondary N) is 1. The molecule has 1 aromatic carbocycles. The quantitative estimate of drug-likeness (QED) is 0.650. The zero-order chi connectivity index (χ0) is 15.8. The Hall–Kier alpha value is -2.41. The number of rotatable bonds is 6. The number of amides is 1. The summed E-state index contributed by atoms with van der Waals surface area (Å²) in [5.74, 6) is 0.00496. The normalized spacial score (nSPS) is 10.0. The second-order valence-electron chi connectivity index (χ2n) is 4.37. The van der Waals surface area contributed by atoms with Crippen molar-refractivity contribution >= 4 is 29.5 Å². The molecule has 0 saturated carbocycles. The molecule has 114 valence electrons. The summed E-state index contributed by atoms with van der Waals surface area (Å²) in [6.07, 6.45) is 0. The highest BCUT2D eigenvalue weighted by Crippen LogP contribution is 2.16. The molecule has 0 saturated heterocycles. The molecule has 2 rings (SSSR count). The summed E-state index contributed by atoms with van der Waals surface area (Å²) in [6.45, 7) is 1.65. The average molecular weight is 317 g/mol. The maximum atomic E-state index is 11.7. The van der Waals surface area contributed by atoms with Crippen LogP contribution in [0, 0.1) is 0 Å². The topological polar surface area (TPSA) is 81.2 Å². The summed E-state index contributed by atoms with van der Waals surface area (Å²) < 4.78 is 5.16. The summed E-state index contributed by atoms with van der Waals surface area (Å²) in [5.41, 5.74) is 0.945. The number of ether oxygens (including phenoxy) is 1. The molecule has 2 aromatic rings. The third-order valence-corrected chi connectivity index (χ3v) is 3.42. The van der Waals surface area contributed by atoms with Gasteiger partial charge in [-0.15, -0.1) is 10.2 Å². The van der Waals surface area contributed by atoms with Crippen molar-refractivity contribution in [3.63, 3.8) is 0 Å². The SMILES string of the molecule is CC(=O)Nc1ccc(SCC(=O)OCc2ccccc2)nn1. The van der Waals surface area contributed by atoms with Crippen molar-refractivity contribution < 1.29 is 14.3 Å². The number of thioether (sulfide) groups is 1. The maximum Gasteiger partial charge on any atom is 0.316 e. The Morgan fingerprint density at radius 1 is 1.14 bits per heavy atom. The second-order valence-corrected chi connectivity index (χ2v) is 5.37. The standard InChI is InChI=1S/C15H15N3O3S/c1-11(19)16-13-7-8-14(18-17-13)22-10-15(20)21-9-12-5-3-2-4-6-12/h2-8H,9-10H2,1H3,(H,16,17,19). The van der Waals surface area contributed by atoms with Gasteiger partial charge in [-0.1, -0.05) is 42.1 Å². The monoisotopic (exact) mass is 317 g/mol. The van der Waals surface area contributed by atoms with E-state index in [1.807, 2.05) is 30.3 Å². The van der Waals surface area contributed by atoms with Crippen LogP contribution in [0.1, 0.15) is 12.5 Å². The summed E-state index contributed by atoms with van der Waals surface area (Å²) in [5, 5.41) is 10.9. The van der Waals surface area contributed by atoms with E-state index in [1.165, 1.54) is 18.7 Å². The molecule has 22 heavy (non-hydrogen) atoms.